The van der Waals surface area contributed by atoms with E-state index in [2.05, 4.69) is 15.6 Å². The number of nitrogens with zero attached hydrogens (tertiary/aromatic N) is 1. The molecule has 3 rings (SSSR count). The van der Waals surface area contributed by atoms with Gasteiger partial charge in [0, 0.05) is 23.5 Å². The highest BCUT2D eigenvalue weighted by Crippen LogP contribution is 2.30. The van der Waals surface area contributed by atoms with Gasteiger partial charge in [-0.25, -0.2) is 4.79 Å². The third-order valence-electron chi connectivity index (χ3n) is 4.81. The minimum atomic E-state index is -0.980. The summed E-state index contributed by atoms with van der Waals surface area (Å²) in [4.78, 5) is 53.4. The molecule has 0 radical (unpaired) electrons. The highest BCUT2D eigenvalue weighted by molar-refractivity contribution is 7.98. The van der Waals surface area contributed by atoms with Crippen LogP contribution in [-0.4, -0.2) is 27.6 Å². The van der Waals surface area contributed by atoms with Gasteiger partial charge < -0.3 is 10.6 Å². The smallest absolute Gasteiger partial charge is 0.326 e. The Hall–Kier alpha value is -2.81. The van der Waals surface area contributed by atoms with Crippen LogP contribution in [0.25, 0.3) is 0 Å². The summed E-state index contributed by atoms with van der Waals surface area (Å²) in [5.41, 5.74) is -0.544. The number of hydrogen-bond donors (Lipinski definition) is 3. The van der Waals surface area contributed by atoms with Crippen molar-refractivity contribution in [3.63, 3.8) is 0 Å². The van der Waals surface area contributed by atoms with Crippen LogP contribution in [-0.2, 0) is 16.1 Å². The van der Waals surface area contributed by atoms with Crippen LogP contribution in [0.1, 0.15) is 38.2 Å². The molecule has 1 aromatic heterocycles. The van der Waals surface area contributed by atoms with Gasteiger partial charge in [0.2, 0.25) is 11.8 Å². The summed E-state index contributed by atoms with van der Waals surface area (Å²) < 4.78 is 1.34. The van der Waals surface area contributed by atoms with Crippen LogP contribution < -0.4 is 21.9 Å². The highest BCUT2D eigenvalue weighted by atomic mass is 32.2. The number of aromatic amines is 1. The van der Waals surface area contributed by atoms with Crippen LogP contribution in [0, 0.1) is 5.92 Å². The number of anilines is 2. The number of H-pyrrole nitrogens is 1. The Kier molecular flexibility index (Phi) is 6.26. The van der Waals surface area contributed by atoms with Crippen molar-refractivity contribution in [2.75, 3.05) is 16.9 Å². The maximum Gasteiger partial charge on any atom is 0.329 e. The second-order valence-corrected chi connectivity index (χ2v) is 8.26. The number of carbonyl (C=O) groups is 2. The first-order chi connectivity index (χ1) is 13.8. The predicted molar refractivity (Wildman–Crippen MR) is 114 cm³/mol. The first-order valence-corrected chi connectivity index (χ1v) is 10.6. The minimum absolute atomic E-state index is 0.117. The molecule has 9 heteroatoms. The number of thioether (sulfide) groups is 1. The molecule has 1 unspecified atom stereocenters. The van der Waals surface area contributed by atoms with Crippen molar-refractivity contribution in [1.29, 1.82) is 0 Å². The molecular weight excluding hydrogens is 392 g/mol. The van der Waals surface area contributed by atoms with E-state index in [4.69, 9.17) is 0 Å². The van der Waals surface area contributed by atoms with Gasteiger partial charge in [-0.3, -0.25) is 23.9 Å². The van der Waals surface area contributed by atoms with E-state index in [0.29, 0.717) is 24.6 Å². The summed E-state index contributed by atoms with van der Waals surface area (Å²) in [6, 6.07) is 7.30. The number of benzene rings is 1. The maximum absolute atomic E-state index is 13.0. The molecule has 1 atom stereocenters. The summed E-state index contributed by atoms with van der Waals surface area (Å²) in [6.45, 7) is 4.36. The molecule has 2 aromatic rings. The molecule has 0 saturated heterocycles. The van der Waals surface area contributed by atoms with Crippen molar-refractivity contribution in [3.05, 3.63) is 50.7 Å². The lowest BCUT2D eigenvalue weighted by Gasteiger charge is -2.26. The van der Waals surface area contributed by atoms with E-state index in [1.54, 1.807) is 6.07 Å². The number of carbonyl (C=O) groups excluding carboxylic acids is 2. The molecule has 29 heavy (non-hydrogen) atoms. The molecule has 2 amide bonds. The standard InChI is InChI=1S/C20H24N4O4S/c1-11(2)7-8-24-17-16(19(27)23-20(24)28)14(10-15(25)22-17)18(26)21-12-5-4-6-13(9-12)29-3/h4-6,9,11,14H,7-8,10H2,1-3H3,(H,21,26)(H,22,25)(H,23,27,28). The minimum Gasteiger partial charge on any atom is -0.326 e. The Balaban J connectivity index is 1.99. The third-order valence-corrected chi connectivity index (χ3v) is 5.54. The van der Waals surface area contributed by atoms with Gasteiger partial charge in [0.05, 0.1) is 11.5 Å². The first kappa shape index (κ1) is 20.9. The zero-order valence-electron chi connectivity index (χ0n) is 16.6. The Labute approximate surface area is 172 Å². The summed E-state index contributed by atoms with van der Waals surface area (Å²) in [5.74, 6) is -1.40. The number of nitrogens with one attached hydrogen (secondary N) is 3. The molecule has 154 valence electrons. The maximum atomic E-state index is 13.0. The molecule has 0 saturated carbocycles. The number of fused-ring (bicyclic) bond motifs is 1. The molecule has 0 fully saturated rings. The quantitative estimate of drug-likeness (QED) is 0.626. The van der Waals surface area contributed by atoms with Crippen LogP contribution >= 0.6 is 11.8 Å². The van der Waals surface area contributed by atoms with Crippen molar-refractivity contribution in [1.82, 2.24) is 9.55 Å². The molecule has 0 bridgehead atoms. The molecular formula is C20H24N4O4S. The normalized spacial score (nSPS) is 15.7. The van der Waals surface area contributed by atoms with E-state index < -0.39 is 29.0 Å². The summed E-state index contributed by atoms with van der Waals surface area (Å²) in [6.07, 6.45) is 2.46. The van der Waals surface area contributed by atoms with Crippen LogP contribution in [0.3, 0.4) is 0 Å². The molecule has 0 aliphatic carbocycles. The topological polar surface area (TPSA) is 113 Å². The van der Waals surface area contributed by atoms with Gasteiger partial charge >= 0.3 is 5.69 Å². The predicted octanol–water partition coefficient (Wildman–Crippen LogP) is 2.37. The average Bonchev–Trinajstić information content (AvgIpc) is 2.66. The Morgan fingerprint density at radius 1 is 1.31 bits per heavy atom. The number of hydrogen-bond acceptors (Lipinski definition) is 5. The van der Waals surface area contributed by atoms with E-state index in [1.165, 1.54) is 16.3 Å². The lowest BCUT2D eigenvalue weighted by atomic mass is 9.92. The van der Waals surface area contributed by atoms with Gasteiger partial charge in [-0.15, -0.1) is 11.8 Å². The van der Waals surface area contributed by atoms with Gasteiger partial charge in [0.15, 0.2) is 0 Å². The third kappa shape index (κ3) is 4.61. The Bertz CT molecular complexity index is 1060. The van der Waals surface area contributed by atoms with E-state index in [9.17, 15) is 19.2 Å². The fourth-order valence-corrected chi connectivity index (χ4v) is 3.73. The molecule has 1 aliphatic heterocycles. The van der Waals surface area contributed by atoms with Gasteiger partial charge in [0.25, 0.3) is 5.56 Å². The van der Waals surface area contributed by atoms with E-state index in [1.807, 2.05) is 38.3 Å². The summed E-state index contributed by atoms with van der Waals surface area (Å²) in [5, 5.41) is 5.41. The van der Waals surface area contributed by atoms with Gasteiger partial charge in [-0.1, -0.05) is 19.9 Å². The van der Waals surface area contributed by atoms with Gasteiger partial charge in [0.1, 0.15) is 5.82 Å². The molecule has 1 aromatic carbocycles. The second-order valence-electron chi connectivity index (χ2n) is 7.38. The largest absolute Gasteiger partial charge is 0.329 e. The molecule has 2 heterocycles. The fraction of sp³-hybridized carbons (Fsp3) is 0.400. The van der Waals surface area contributed by atoms with Crippen molar-refractivity contribution in [3.8, 4) is 0 Å². The molecule has 3 N–H and O–H groups in total. The first-order valence-electron chi connectivity index (χ1n) is 9.42. The van der Waals surface area contributed by atoms with Crippen molar-refractivity contribution >= 4 is 35.1 Å². The molecule has 1 aliphatic rings. The van der Waals surface area contributed by atoms with Crippen molar-refractivity contribution in [2.24, 2.45) is 5.92 Å². The van der Waals surface area contributed by atoms with E-state index in [-0.39, 0.29) is 17.8 Å². The lowest BCUT2D eigenvalue weighted by Crippen LogP contribution is -2.42. The average molecular weight is 417 g/mol. The van der Waals surface area contributed by atoms with Crippen LogP contribution in [0.15, 0.2) is 38.8 Å². The monoisotopic (exact) mass is 416 g/mol. The Morgan fingerprint density at radius 2 is 2.07 bits per heavy atom. The SMILES string of the molecule is CSc1cccc(NC(=O)C2CC(=O)Nc3c2c(=O)[nH]c(=O)n3CCC(C)C)c1. The van der Waals surface area contributed by atoms with Crippen LogP contribution in [0.4, 0.5) is 11.5 Å². The van der Waals surface area contributed by atoms with Crippen LogP contribution in [0.5, 0.6) is 0 Å². The Morgan fingerprint density at radius 3 is 2.76 bits per heavy atom. The van der Waals surface area contributed by atoms with E-state index in [0.717, 1.165) is 4.90 Å². The van der Waals surface area contributed by atoms with E-state index >= 15 is 0 Å². The lowest BCUT2D eigenvalue weighted by molar-refractivity contribution is -0.123. The van der Waals surface area contributed by atoms with Crippen LogP contribution in [0.2, 0.25) is 0 Å². The number of amides is 2. The number of aromatic nitrogens is 2. The molecule has 8 nitrogen and oxygen atoms in total. The summed E-state index contributed by atoms with van der Waals surface area (Å²) >= 11 is 1.54. The second kappa shape index (κ2) is 8.69. The number of rotatable bonds is 6. The van der Waals surface area contributed by atoms with Crippen molar-refractivity contribution in [2.45, 2.75) is 44.0 Å². The van der Waals surface area contributed by atoms with Gasteiger partial charge in [-0.05, 0) is 36.8 Å². The zero-order chi connectivity index (χ0) is 21.1. The fourth-order valence-electron chi connectivity index (χ4n) is 3.27. The summed E-state index contributed by atoms with van der Waals surface area (Å²) in [7, 11) is 0. The van der Waals surface area contributed by atoms with Gasteiger partial charge in [-0.2, -0.15) is 0 Å². The molecule has 0 spiro atoms. The van der Waals surface area contributed by atoms with Crippen molar-refractivity contribution < 1.29 is 9.59 Å². The zero-order valence-corrected chi connectivity index (χ0v) is 17.4. The highest BCUT2D eigenvalue weighted by Gasteiger charge is 2.35.